The van der Waals surface area contributed by atoms with Crippen LogP contribution in [-0.4, -0.2) is 48.7 Å². The highest BCUT2D eigenvalue weighted by atomic mass is 16.5. The van der Waals surface area contributed by atoms with Gasteiger partial charge < -0.3 is 10.1 Å². The topological polar surface area (TPSA) is 41.6 Å². The number of carbonyl (C=O) groups excluding carboxylic acids is 1. The van der Waals surface area contributed by atoms with Crippen molar-refractivity contribution in [3.05, 3.63) is 0 Å². The Hall–Kier alpha value is -0.610. The number of nitrogens with zero attached hydrogens (tertiary/aromatic N) is 1. The van der Waals surface area contributed by atoms with E-state index in [0.29, 0.717) is 12.6 Å². The van der Waals surface area contributed by atoms with E-state index in [9.17, 15) is 4.79 Å². The van der Waals surface area contributed by atoms with Crippen molar-refractivity contribution in [1.82, 2.24) is 10.2 Å². The molecule has 1 unspecified atom stereocenters. The van der Waals surface area contributed by atoms with E-state index in [1.807, 2.05) is 6.92 Å². The van der Waals surface area contributed by atoms with Crippen LogP contribution in [0.2, 0.25) is 0 Å². The van der Waals surface area contributed by atoms with Gasteiger partial charge in [-0.1, -0.05) is 40.0 Å². The molecule has 1 saturated carbocycles. The summed E-state index contributed by atoms with van der Waals surface area (Å²) < 4.78 is 5.21. The fraction of sp³-hybridized carbons (Fsp3) is 0.938. The van der Waals surface area contributed by atoms with Crippen LogP contribution in [0, 0.1) is 0 Å². The Bertz CT molecular complexity index is 276. The fourth-order valence-electron chi connectivity index (χ4n) is 3.06. The molecule has 1 aliphatic rings. The lowest BCUT2D eigenvalue weighted by Crippen LogP contribution is -2.52. The molecule has 0 aliphatic heterocycles. The van der Waals surface area contributed by atoms with E-state index in [4.69, 9.17) is 4.74 Å². The molecule has 0 bridgehead atoms. The zero-order valence-corrected chi connectivity index (χ0v) is 13.7. The van der Waals surface area contributed by atoms with Crippen molar-refractivity contribution in [3.8, 4) is 0 Å². The Labute approximate surface area is 124 Å². The minimum Gasteiger partial charge on any atom is -0.465 e. The van der Waals surface area contributed by atoms with Gasteiger partial charge in [-0.2, -0.15) is 0 Å². The average molecular weight is 284 g/mol. The van der Waals surface area contributed by atoms with Gasteiger partial charge >= 0.3 is 5.97 Å². The molecule has 1 rings (SSSR count). The second-order valence-corrected chi connectivity index (χ2v) is 6.01. The lowest BCUT2D eigenvalue weighted by molar-refractivity contribution is -0.146. The van der Waals surface area contributed by atoms with Crippen molar-refractivity contribution in [3.63, 3.8) is 0 Å². The van der Waals surface area contributed by atoms with Crippen LogP contribution in [-0.2, 0) is 9.53 Å². The van der Waals surface area contributed by atoms with Gasteiger partial charge in [-0.15, -0.1) is 0 Å². The number of carbonyl (C=O) groups is 1. The first kappa shape index (κ1) is 17.4. The number of hydrogen-bond acceptors (Lipinski definition) is 4. The normalized spacial score (nSPS) is 18.5. The molecule has 1 aliphatic carbocycles. The lowest BCUT2D eigenvalue weighted by atomic mass is 9.94. The standard InChI is InChI=1S/C16H32N2O2/c1-5-18(14-10-8-7-9-11-14)12-15(17-13(3)4)16(19)20-6-2/h13-15,17H,5-12H2,1-4H3. The van der Waals surface area contributed by atoms with Crippen LogP contribution in [0.1, 0.15) is 59.8 Å². The van der Waals surface area contributed by atoms with E-state index in [1.54, 1.807) is 0 Å². The monoisotopic (exact) mass is 284 g/mol. The number of esters is 1. The van der Waals surface area contributed by atoms with E-state index in [1.165, 1.54) is 32.1 Å². The minimum atomic E-state index is -0.211. The summed E-state index contributed by atoms with van der Waals surface area (Å²) in [7, 11) is 0. The third kappa shape index (κ3) is 5.80. The Morgan fingerprint density at radius 1 is 1.25 bits per heavy atom. The van der Waals surface area contributed by atoms with Gasteiger partial charge in [0.2, 0.25) is 0 Å². The number of ether oxygens (including phenoxy) is 1. The Morgan fingerprint density at radius 3 is 2.40 bits per heavy atom. The lowest BCUT2D eigenvalue weighted by Gasteiger charge is -2.36. The second kappa shape index (κ2) is 9.35. The molecule has 1 N–H and O–H groups in total. The predicted molar refractivity (Wildman–Crippen MR) is 82.8 cm³/mol. The summed E-state index contributed by atoms with van der Waals surface area (Å²) in [5, 5.41) is 3.35. The molecule has 0 heterocycles. The van der Waals surface area contributed by atoms with Crippen molar-refractivity contribution in [1.29, 1.82) is 0 Å². The summed E-state index contributed by atoms with van der Waals surface area (Å²) in [6.07, 6.45) is 6.54. The molecule has 1 fully saturated rings. The van der Waals surface area contributed by atoms with Gasteiger partial charge in [0.25, 0.3) is 0 Å². The highest BCUT2D eigenvalue weighted by molar-refractivity contribution is 5.76. The zero-order chi connectivity index (χ0) is 15.0. The number of nitrogens with one attached hydrogen (secondary N) is 1. The average Bonchev–Trinajstić information content (AvgIpc) is 2.44. The van der Waals surface area contributed by atoms with Crippen molar-refractivity contribution in [2.45, 2.75) is 77.9 Å². The molecule has 0 aromatic carbocycles. The highest BCUT2D eigenvalue weighted by Gasteiger charge is 2.27. The smallest absolute Gasteiger partial charge is 0.324 e. The first-order valence-corrected chi connectivity index (χ1v) is 8.25. The summed E-state index contributed by atoms with van der Waals surface area (Å²) in [5.74, 6) is -0.115. The van der Waals surface area contributed by atoms with Crippen molar-refractivity contribution < 1.29 is 9.53 Å². The van der Waals surface area contributed by atoms with Gasteiger partial charge in [0.1, 0.15) is 6.04 Å². The van der Waals surface area contributed by atoms with Crippen molar-refractivity contribution in [2.24, 2.45) is 0 Å². The van der Waals surface area contributed by atoms with Gasteiger partial charge in [0.05, 0.1) is 6.61 Å². The molecule has 0 radical (unpaired) electrons. The quantitative estimate of drug-likeness (QED) is 0.696. The summed E-state index contributed by atoms with van der Waals surface area (Å²) in [6, 6.07) is 0.714. The van der Waals surface area contributed by atoms with Crippen molar-refractivity contribution in [2.75, 3.05) is 19.7 Å². The summed E-state index contributed by atoms with van der Waals surface area (Å²) in [6.45, 7) is 10.4. The maximum Gasteiger partial charge on any atom is 0.324 e. The molecular weight excluding hydrogens is 252 g/mol. The van der Waals surface area contributed by atoms with Crippen molar-refractivity contribution >= 4 is 5.97 Å². The molecular formula is C16H32N2O2. The van der Waals surface area contributed by atoms with E-state index >= 15 is 0 Å². The molecule has 0 spiro atoms. The highest BCUT2D eigenvalue weighted by Crippen LogP contribution is 2.22. The van der Waals surface area contributed by atoms with E-state index in [2.05, 4.69) is 31.0 Å². The molecule has 0 aromatic heterocycles. The second-order valence-electron chi connectivity index (χ2n) is 6.01. The predicted octanol–water partition coefficient (Wildman–Crippen LogP) is 2.57. The van der Waals surface area contributed by atoms with Gasteiger partial charge in [0, 0.05) is 18.6 Å². The SMILES string of the molecule is CCOC(=O)C(CN(CC)C1CCCCC1)NC(C)C. The molecule has 0 amide bonds. The maximum absolute atomic E-state index is 12.1. The van der Waals surface area contributed by atoms with Crippen LogP contribution >= 0.6 is 0 Å². The van der Waals surface area contributed by atoms with E-state index < -0.39 is 0 Å². The largest absolute Gasteiger partial charge is 0.465 e. The van der Waals surface area contributed by atoms with E-state index in [0.717, 1.165) is 13.1 Å². The Kier molecular flexibility index (Phi) is 8.15. The molecule has 0 aromatic rings. The molecule has 4 heteroatoms. The number of rotatable bonds is 8. The molecule has 0 saturated heterocycles. The Balaban J connectivity index is 2.61. The number of likely N-dealkylation sites (N-methyl/N-ethyl adjacent to an activating group) is 1. The summed E-state index contributed by atoms with van der Waals surface area (Å²) in [5.41, 5.74) is 0. The van der Waals surface area contributed by atoms with Gasteiger partial charge in [-0.3, -0.25) is 9.69 Å². The molecule has 4 nitrogen and oxygen atoms in total. The Morgan fingerprint density at radius 2 is 1.90 bits per heavy atom. The van der Waals surface area contributed by atoms with E-state index in [-0.39, 0.29) is 18.1 Å². The fourth-order valence-corrected chi connectivity index (χ4v) is 3.06. The zero-order valence-electron chi connectivity index (χ0n) is 13.7. The third-order valence-corrected chi connectivity index (χ3v) is 4.02. The van der Waals surface area contributed by atoms with Crippen LogP contribution in [0.15, 0.2) is 0 Å². The molecule has 1 atom stereocenters. The maximum atomic E-state index is 12.1. The minimum absolute atomic E-state index is 0.115. The van der Waals surface area contributed by atoms with Gasteiger partial charge in [0.15, 0.2) is 0 Å². The third-order valence-electron chi connectivity index (χ3n) is 4.02. The summed E-state index contributed by atoms with van der Waals surface area (Å²) in [4.78, 5) is 14.6. The van der Waals surface area contributed by atoms with Crippen LogP contribution in [0.3, 0.4) is 0 Å². The van der Waals surface area contributed by atoms with Gasteiger partial charge in [-0.25, -0.2) is 0 Å². The first-order valence-electron chi connectivity index (χ1n) is 8.25. The molecule has 118 valence electrons. The van der Waals surface area contributed by atoms with Gasteiger partial charge in [-0.05, 0) is 26.3 Å². The number of hydrogen-bond donors (Lipinski definition) is 1. The van der Waals surface area contributed by atoms with Crippen LogP contribution < -0.4 is 5.32 Å². The first-order chi connectivity index (χ1) is 9.58. The summed E-state index contributed by atoms with van der Waals surface area (Å²) >= 11 is 0. The van der Waals surface area contributed by atoms with Crippen LogP contribution in [0.5, 0.6) is 0 Å². The molecule has 20 heavy (non-hydrogen) atoms. The van der Waals surface area contributed by atoms with Crippen LogP contribution in [0.25, 0.3) is 0 Å². The van der Waals surface area contributed by atoms with Crippen LogP contribution in [0.4, 0.5) is 0 Å².